The standard InChI is InChI=1S/C18H18IN3O2/c1-3-21-15-6-4-5-7-16(15)22(18(21)24)11-17(23)20-14-9-8-13(19)10-12(14)2/h4-10H,3,11H2,1-2H3,(H,20,23). The molecule has 3 rings (SSSR count). The number of nitrogens with one attached hydrogen (secondary N) is 1. The third-order valence-corrected chi connectivity index (χ3v) is 4.68. The van der Waals surface area contributed by atoms with Crippen LogP contribution in [0.3, 0.4) is 0 Å². The molecular formula is C18H18IN3O2. The first-order valence-electron chi connectivity index (χ1n) is 7.75. The number of anilines is 1. The Labute approximate surface area is 153 Å². The molecule has 1 heterocycles. The van der Waals surface area contributed by atoms with Gasteiger partial charge < -0.3 is 5.32 Å². The molecule has 0 saturated heterocycles. The van der Waals surface area contributed by atoms with Crippen LogP contribution in [-0.4, -0.2) is 15.0 Å². The highest BCUT2D eigenvalue weighted by atomic mass is 127. The molecule has 0 spiro atoms. The van der Waals surface area contributed by atoms with Crippen LogP contribution in [0, 0.1) is 10.5 Å². The number of benzene rings is 2. The number of imidazole rings is 1. The minimum atomic E-state index is -0.208. The van der Waals surface area contributed by atoms with Crippen molar-refractivity contribution >= 4 is 45.2 Å². The highest BCUT2D eigenvalue weighted by Gasteiger charge is 2.14. The minimum Gasteiger partial charge on any atom is -0.324 e. The van der Waals surface area contributed by atoms with Gasteiger partial charge >= 0.3 is 5.69 Å². The molecule has 1 N–H and O–H groups in total. The predicted molar refractivity (Wildman–Crippen MR) is 104 cm³/mol. The molecule has 0 saturated carbocycles. The zero-order valence-corrected chi connectivity index (χ0v) is 15.7. The maximum absolute atomic E-state index is 12.6. The van der Waals surface area contributed by atoms with E-state index in [0.29, 0.717) is 6.54 Å². The number of aromatic nitrogens is 2. The van der Waals surface area contributed by atoms with Gasteiger partial charge in [-0.3, -0.25) is 13.9 Å². The van der Waals surface area contributed by atoms with E-state index < -0.39 is 0 Å². The first kappa shape index (κ1) is 16.8. The van der Waals surface area contributed by atoms with Gasteiger partial charge in [0.25, 0.3) is 0 Å². The Hall–Kier alpha value is -2.09. The molecule has 5 nitrogen and oxygen atoms in total. The Morgan fingerprint density at radius 3 is 2.42 bits per heavy atom. The van der Waals surface area contributed by atoms with E-state index in [1.807, 2.05) is 56.3 Å². The third-order valence-electron chi connectivity index (χ3n) is 4.01. The fraction of sp³-hybridized carbons (Fsp3) is 0.222. The largest absolute Gasteiger partial charge is 0.329 e. The summed E-state index contributed by atoms with van der Waals surface area (Å²) in [5.74, 6) is -0.208. The zero-order chi connectivity index (χ0) is 17.3. The van der Waals surface area contributed by atoms with Gasteiger partial charge in [-0.1, -0.05) is 12.1 Å². The first-order chi connectivity index (χ1) is 11.5. The van der Waals surface area contributed by atoms with Crippen LogP contribution < -0.4 is 11.0 Å². The average molecular weight is 435 g/mol. The lowest BCUT2D eigenvalue weighted by molar-refractivity contribution is -0.116. The second-order valence-corrected chi connectivity index (χ2v) is 6.85. The number of aryl methyl sites for hydroxylation is 2. The summed E-state index contributed by atoms with van der Waals surface area (Å²) >= 11 is 2.23. The molecule has 0 aliphatic rings. The van der Waals surface area contributed by atoms with Gasteiger partial charge in [0.2, 0.25) is 5.91 Å². The summed E-state index contributed by atoms with van der Waals surface area (Å²) < 4.78 is 4.32. The maximum Gasteiger partial charge on any atom is 0.329 e. The fourth-order valence-corrected chi connectivity index (χ4v) is 3.48. The second kappa shape index (κ2) is 6.80. The number of carbonyl (C=O) groups is 1. The van der Waals surface area contributed by atoms with Crippen LogP contribution in [0.15, 0.2) is 47.3 Å². The molecule has 6 heteroatoms. The second-order valence-electron chi connectivity index (χ2n) is 5.61. The molecule has 0 radical (unpaired) electrons. The molecule has 3 aromatic rings. The zero-order valence-electron chi connectivity index (χ0n) is 13.5. The van der Waals surface area contributed by atoms with Gasteiger partial charge in [-0.05, 0) is 72.3 Å². The molecule has 0 fully saturated rings. The van der Waals surface area contributed by atoms with Gasteiger partial charge in [0, 0.05) is 15.8 Å². The summed E-state index contributed by atoms with van der Waals surface area (Å²) in [5, 5.41) is 2.89. The molecule has 2 aromatic carbocycles. The van der Waals surface area contributed by atoms with Gasteiger partial charge in [0.05, 0.1) is 11.0 Å². The van der Waals surface area contributed by atoms with Crippen LogP contribution >= 0.6 is 22.6 Å². The quantitative estimate of drug-likeness (QED) is 0.639. The van der Waals surface area contributed by atoms with E-state index in [2.05, 4.69) is 27.9 Å². The molecule has 1 aromatic heterocycles. The summed E-state index contributed by atoms with van der Waals surface area (Å²) in [6, 6.07) is 13.4. The van der Waals surface area contributed by atoms with Crippen molar-refractivity contribution in [3.05, 3.63) is 62.1 Å². The Bertz CT molecular complexity index is 972. The Balaban J connectivity index is 1.91. The van der Waals surface area contributed by atoms with E-state index in [1.54, 1.807) is 4.57 Å². The Morgan fingerprint density at radius 1 is 1.12 bits per heavy atom. The van der Waals surface area contributed by atoms with E-state index in [1.165, 1.54) is 4.57 Å². The topological polar surface area (TPSA) is 56.0 Å². The van der Waals surface area contributed by atoms with Crippen LogP contribution in [0.1, 0.15) is 12.5 Å². The van der Waals surface area contributed by atoms with E-state index in [9.17, 15) is 9.59 Å². The summed E-state index contributed by atoms with van der Waals surface area (Å²) in [6.07, 6.45) is 0. The van der Waals surface area contributed by atoms with E-state index >= 15 is 0 Å². The van der Waals surface area contributed by atoms with E-state index in [4.69, 9.17) is 0 Å². The summed E-state index contributed by atoms with van der Waals surface area (Å²) in [4.78, 5) is 25.0. The summed E-state index contributed by atoms with van der Waals surface area (Å²) in [7, 11) is 0. The molecule has 124 valence electrons. The molecule has 0 aliphatic heterocycles. The number of amides is 1. The molecule has 0 aliphatic carbocycles. The van der Waals surface area contributed by atoms with Crippen molar-refractivity contribution in [3.8, 4) is 0 Å². The third kappa shape index (κ3) is 3.10. The average Bonchev–Trinajstić information content (AvgIpc) is 2.82. The fourth-order valence-electron chi connectivity index (χ4n) is 2.83. The summed E-state index contributed by atoms with van der Waals surface area (Å²) in [5.41, 5.74) is 3.24. The van der Waals surface area contributed by atoms with Crippen molar-refractivity contribution in [2.75, 3.05) is 5.32 Å². The summed E-state index contributed by atoms with van der Waals surface area (Å²) in [6.45, 7) is 4.45. The smallest absolute Gasteiger partial charge is 0.324 e. The van der Waals surface area contributed by atoms with Crippen molar-refractivity contribution in [3.63, 3.8) is 0 Å². The molecular weight excluding hydrogens is 417 g/mol. The predicted octanol–water partition coefficient (Wildman–Crippen LogP) is 3.37. The molecule has 0 atom stereocenters. The van der Waals surface area contributed by atoms with Crippen molar-refractivity contribution < 1.29 is 4.79 Å². The van der Waals surface area contributed by atoms with Gasteiger partial charge in [0.1, 0.15) is 6.54 Å². The SMILES string of the molecule is CCn1c(=O)n(CC(=O)Nc2ccc(I)cc2C)c2ccccc21. The van der Waals surface area contributed by atoms with Crippen LogP contribution in [0.4, 0.5) is 5.69 Å². The van der Waals surface area contributed by atoms with Crippen LogP contribution in [0.2, 0.25) is 0 Å². The van der Waals surface area contributed by atoms with Gasteiger partial charge in [-0.2, -0.15) is 0 Å². The van der Waals surface area contributed by atoms with Gasteiger partial charge in [-0.15, -0.1) is 0 Å². The number of fused-ring (bicyclic) bond motifs is 1. The number of halogens is 1. The number of hydrogen-bond acceptors (Lipinski definition) is 2. The Morgan fingerprint density at radius 2 is 1.79 bits per heavy atom. The lowest BCUT2D eigenvalue weighted by Gasteiger charge is -2.09. The number of para-hydroxylation sites is 2. The first-order valence-corrected chi connectivity index (χ1v) is 8.83. The van der Waals surface area contributed by atoms with Gasteiger partial charge in [0.15, 0.2) is 0 Å². The van der Waals surface area contributed by atoms with E-state index in [0.717, 1.165) is 25.9 Å². The highest BCUT2D eigenvalue weighted by molar-refractivity contribution is 14.1. The van der Waals surface area contributed by atoms with Crippen molar-refractivity contribution in [1.29, 1.82) is 0 Å². The molecule has 0 bridgehead atoms. The van der Waals surface area contributed by atoms with Crippen LogP contribution in [0.5, 0.6) is 0 Å². The highest BCUT2D eigenvalue weighted by Crippen LogP contribution is 2.18. The number of nitrogens with zero attached hydrogens (tertiary/aromatic N) is 2. The van der Waals surface area contributed by atoms with E-state index in [-0.39, 0.29) is 18.1 Å². The maximum atomic E-state index is 12.6. The monoisotopic (exact) mass is 435 g/mol. The van der Waals surface area contributed by atoms with Crippen molar-refractivity contribution in [2.45, 2.75) is 26.9 Å². The number of hydrogen-bond donors (Lipinski definition) is 1. The van der Waals surface area contributed by atoms with Crippen molar-refractivity contribution in [1.82, 2.24) is 9.13 Å². The number of carbonyl (C=O) groups excluding carboxylic acids is 1. The molecule has 1 amide bonds. The van der Waals surface area contributed by atoms with Crippen molar-refractivity contribution in [2.24, 2.45) is 0 Å². The van der Waals surface area contributed by atoms with Gasteiger partial charge in [-0.25, -0.2) is 4.79 Å². The number of rotatable bonds is 4. The molecule has 0 unspecified atom stereocenters. The van der Waals surface area contributed by atoms with Crippen LogP contribution in [-0.2, 0) is 17.9 Å². The Kier molecular flexibility index (Phi) is 4.75. The minimum absolute atomic E-state index is 0.00221. The normalized spacial score (nSPS) is 11.0. The van der Waals surface area contributed by atoms with Crippen LogP contribution in [0.25, 0.3) is 11.0 Å². The lowest BCUT2D eigenvalue weighted by atomic mass is 10.2. The lowest BCUT2D eigenvalue weighted by Crippen LogP contribution is -2.29. The molecule has 24 heavy (non-hydrogen) atoms.